The minimum absolute atomic E-state index is 0.323. The van der Waals surface area contributed by atoms with E-state index in [-0.39, 0.29) is 0 Å². The standard InChI is InChI=1S/C10H11BrN2O2/c1-12-5-7-3-6(10(14)15)4-8(11)9(7)13(12)2/h3-4H,5H2,1-2H3,(H,14,15). The molecule has 0 atom stereocenters. The number of hydrogen-bond acceptors (Lipinski definition) is 3. The van der Waals surface area contributed by atoms with Crippen molar-refractivity contribution in [1.82, 2.24) is 5.01 Å². The predicted octanol–water partition coefficient (Wildman–Crippen LogP) is 1.94. The Kier molecular flexibility index (Phi) is 2.44. The van der Waals surface area contributed by atoms with Gasteiger partial charge in [-0.05, 0) is 33.6 Å². The molecule has 0 aromatic heterocycles. The second-order valence-corrected chi connectivity index (χ2v) is 4.46. The van der Waals surface area contributed by atoms with E-state index in [1.807, 2.05) is 24.1 Å². The zero-order valence-electron chi connectivity index (χ0n) is 8.49. The zero-order chi connectivity index (χ0) is 11.2. The smallest absolute Gasteiger partial charge is 0.335 e. The summed E-state index contributed by atoms with van der Waals surface area (Å²) in [5.41, 5.74) is 2.40. The average molecular weight is 271 g/mol. The number of nitrogens with zero attached hydrogens (tertiary/aromatic N) is 2. The van der Waals surface area contributed by atoms with Crippen LogP contribution in [-0.2, 0) is 6.54 Å². The van der Waals surface area contributed by atoms with Gasteiger partial charge in [-0.25, -0.2) is 9.80 Å². The number of hydrogen-bond donors (Lipinski definition) is 1. The van der Waals surface area contributed by atoms with E-state index in [9.17, 15) is 4.79 Å². The third-order valence-corrected chi connectivity index (χ3v) is 3.23. The molecule has 1 N–H and O–H groups in total. The largest absolute Gasteiger partial charge is 0.478 e. The van der Waals surface area contributed by atoms with E-state index in [1.165, 1.54) is 0 Å². The van der Waals surface area contributed by atoms with Gasteiger partial charge in [-0.1, -0.05) is 0 Å². The molecule has 5 heteroatoms. The molecule has 2 rings (SSSR count). The first-order chi connectivity index (χ1) is 7.00. The quantitative estimate of drug-likeness (QED) is 0.847. The van der Waals surface area contributed by atoms with Crippen LogP contribution in [0.15, 0.2) is 16.6 Å². The van der Waals surface area contributed by atoms with Crippen molar-refractivity contribution < 1.29 is 9.90 Å². The summed E-state index contributed by atoms with van der Waals surface area (Å²) in [6.45, 7) is 0.742. The van der Waals surface area contributed by atoms with Crippen LogP contribution in [0.1, 0.15) is 15.9 Å². The van der Waals surface area contributed by atoms with Gasteiger partial charge in [0, 0.05) is 25.1 Å². The summed E-state index contributed by atoms with van der Waals surface area (Å²) >= 11 is 3.40. The molecule has 0 unspecified atom stereocenters. The molecule has 1 heterocycles. The normalized spacial score (nSPS) is 15.5. The van der Waals surface area contributed by atoms with Crippen LogP contribution in [-0.4, -0.2) is 30.2 Å². The van der Waals surface area contributed by atoms with Crippen molar-refractivity contribution in [3.63, 3.8) is 0 Å². The Bertz CT molecular complexity index is 434. The lowest BCUT2D eigenvalue weighted by Gasteiger charge is -2.22. The first-order valence-electron chi connectivity index (χ1n) is 4.51. The first-order valence-corrected chi connectivity index (χ1v) is 5.30. The number of halogens is 1. The molecule has 80 valence electrons. The molecule has 0 spiro atoms. The fourth-order valence-corrected chi connectivity index (χ4v) is 2.54. The maximum atomic E-state index is 10.9. The number of rotatable bonds is 1. The molecular formula is C10H11BrN2O2. The number of benzene rings is 1. The van der Waals surface area contributed by atoms with E-state index in [0.717, 1.165) is 22.3 Å². The van der Waals surface area contributed by atoms with Crippen molar-refractivity contribution in [2.45, 2.75) is 6.54 Å². The monoisotopic (exact) mass is 270 g/mol. The molecule has 1 aromatic carbocycles. The lowest BCUT2D eigenvalue weighted by Crippen LogP contribution is -2.29. The van der Waals surface area contributed by atoms with Gasteiger partial charge in [-0.2, -0.15) is 0 Å². The second-order valence-electron chi connectivity index (χ2n) is 3.61. The van der Waals surface area contributed by atoms with E-state index in [1.54, 1.807) is 12.1 Å². The molecule has 15 heavy (non-hydrogen) atoms. The van der Waals surface area contributed by atoms with Crippen LogP contribution in [0, 0.1) is 0 Å². The van der Waals surface area contributed by atoms with Gasteiger partial charge in [0.1, 0.15) is 0 Å². The Morgan fingerprint density at radius 2 is 2.13 bits per heavy atom. The Morgan fingerprint density at radius 1 is 1.47 bits per heavy atom. The highest BCUT2D eigenvalue weighted by Gasteiger charge is 2.25. The summed E-state index contributed by atoms with van der Waals surface area (Å²) in [5.74, 6) is -0.893. The van der Waals surface area contributed by atoms with Crippen LogP contribution in [0.2, 0.25) is 0 Å². The van der Waals surface area contributed by atoms with Crippen molar-refractivity contribution in [3.8, 4) is 0 Å². The Hall–Kier alpha value is -1.07. The maximum Gasteiger partial charge on any atom is 0.335 e. The van der Waals surface area contributed by atoms with E-state index < -0.39 is 5.97 Å². The van der Waals surface area contributed by atoms with E-state index >= 15 is 0 Å². The summed E-state index contributed by atoms with van der Waals surface area (Å²) in [5, 5.41) is 13.0. The van der Waals surface area contributed by atoms with Gasteiger partial charge >= 0.3 is 5.97 Å². The van der Waals surface area contributed by atoms with E-state index in [4.69, 9.17) is 5.11 Å². The van der Waals surface area contributed by atoms with Crippen molar-refractivity contribution >= 4 is 27.6 Å². The zero-order valence-corrected chi connectivity index (χ0v) is 10.1. The van der Waals surface area contributed by atoms with Crippen molar-refractivity contribution in [2.24, 2.45) is 0 Å². The molecule has 0 aliphatic carbocycles. The lowest BCUT2D eigenvalue weighted by atomic mass is 10.1. The molecule has 0 saturated heterocycles. The number of carboxylic acid groups (broad SMARTS) is 1. The van der Waals surface area contributed by atoms with Crippen molar-refractivity contribution in [1.29, 1.82) is 0 Å². The van der Waals surface area contributed by atoms with Gasteiger partial charge in [-0.15, -0.1) is 0 Å². The summed E-state index contributed by atoms with van der Waals surface area (Å²) in [6.07, 6.45) is 0. The topological polar surface area (TPSA) is 43.8 Å². The highest BCUT2D eigenvalue weighted by Crippen LogP contribution is 2.36. The summed E-state index contributed by atoms with van der Waals surface area (Å²) in [6, 6.07) is 3.36. The van der Waals surface area contributed by atoms with Gasteiger partial charge in [0.15, 0.2) is 0 Å². The minimum atomic E-state index is -0.893. The summed E-state index contributed by atoms with van der Waals surface area (Å²) in [7, 11) is 3.92. The molecule has 4 nitrogen and oxygen atoms in total. The molecule has 1 aliphatic rings. The lowest BCUT2D eigenvalue weighted by molar-refractivity contribution is 0.0696. The number of anilines is 1. The van der Waals surface area contributed by atoms with Gasteiger partial charge in [0.05, 0.1) is 11.3 Å². The number of carboxylic acids is 1. The number of hydrazine groups is 1. The highest BCUT2D eigenvalue weighted by atomic mass is 79.9. The van der Waals surface area contributed by atoms with Crippen LogP contribution in [0.25, 0.3) is 0 Å². The van der Waals surface area contributed by atoms with Crippen LogP contribution >= 0.6 is 15.9 Å². The molecule has 0 bridgehead atoms. The van der Waals surface area contributed by atoms with Crippen LogP contribution in [0.3, 0.4) is 0 Å². The van der Waals surface area contributed by atoms with Crippen LogP contribution in [0.5, 0.6) is 0 Å². The van der Waals surface area contributed by atoms with Gasteiger partial charge in [-0.3, -0.25) is 0 Å². The Morgan fingerprint density at radius 3 is 2.73 bits per heavy atom. The molecule has 0 radical (unpaired) electrons. The third kappa shape index (κ3) is 1.61. The molecule has 1 aromatic rings. The molecule has 0 amide bonds. The fourth-order valence-electron chi connectivity index (χ4n) is 1.79. The number of fused-ring (bicyclic) bond motifs is 1. The average Bonchev–Trinajstić information content (AvgIpc) is 2.42. The first kappa shape index (κ1) is 10.4. The predicted molar refractivity (Wildman–Crippen MR) is 61.0 cm³/mol. The summed E-state index contributed by atoms with van der Waals surface area (Å²) in [4.78, 5) is 10.9. The van der Waals surface area contributed by atoms with Gasteiger partial charge < -0.3 is 10.1 Å². The molecule has 0 saturated carbocycles. The molecular weight excluding hydrogens is 260 g/mol. The van der Waals surface area contributed by atoms with E-state index in [0.29, 0.717) is 5.56 Å². The molecule has 0 fully saturated rings. The van der Waals surface area contributed by atoms with E-state index in [2.05, 4.69) is 15.9 Å². The summed E-state index contributed by atoms with van der Waals surface area (Å²) < 4.78 is 0.823. The van der Waals surface area contributed by atoms with Gasteiger partial charge in [0.2, 0.25) is 0 Å². The van der Waals surface area contributed by atoms with Gasteiger partial charge in [0.25, 0.3) is 0 Å². The Labute approximate surface area is 96.2 Å². The second kappa shape index (κ2) is 3.50. The highest BCUT2D eigenvalue weighted by molar-refractivity contribution is 9.10. The third-order valence-electron chi connectivity index (χ3n) is 2.62. The maximum absolute atomic E-state index is 10.9. The van der Waals surface area contributed by atoms with Crippen LogP contribution < -0.4 is 5.01 Å². The number of carbonyl (C=O) groups is 1. The fraction of sp³-hybridized carbons (Fsp3) is 0.300. The van der Waals surface area contributed by atoms with Crippen molar-refractivity contribution in [2.75, 3.05) is 19.1 Å². The molecule has 1 aliphatic heterocycles. The SMILES string of the molecule is CN1Cc2cc(C(=O)O)cc(Br)c2N1C. The number of aromatic carboxylic acids is 1. The van der Waals surface area contributed by atoms with Crippen molar-refractivity contribution in [3.05, 3.63) is 27.7 Å². The minimum Gasteiger partial charge on any atom is -0.478 e. The Balaban J connectivity index is 2.56. The van der Waals surface area contributed by atoms with Crippen LogP contribution in [0.4, 0.5) is 5.69 Å².